The van der Waals surface area contributed by atoms with E-state index in [1.54, 1.807) is 65.0 Å². The standard InChI is InChI=1S/C17H14N8O/c26-16(14-3-5-20-15(8-14)24-7-6-19-11-24)22-17-21-12-25(23-17)10-13-2-1-4-18-9-13/h1-9,11-12H,10H2,(H,22,23,26). The van der Waals surface area contributed by atoms with Crippen LogP contribution in [0.15, 0.2) is 67.9 Å². The van der Waals surface area contributed by atoms with Crippen molar-refractivity contribution in [2.24, 2.45) is 0 Å². The van der Waals surface area contributed by atoms with E-state index in [4.69, 9.17) is 0 Å². The topological polar surface area (TPSA) is 103 Å². The van der Waals surface area contributed by atoms with Crippen LogP contribution in [0, 0.1) is 0 Å². The van der Waals surface area contributed by atoms with Crippen molar-refractivity contribution in [3.63, 3.8) is 0 Å². The van der Waals surface area contributed by atoms with E-state index < -0.39 is 0 Å². The Morgan fingerprint density at radius 3 is 2.85 bits per heavy atom. The van der Waals surface area contributed by atoms with Crippen LogP contribution in [0.1, 0.15) is 15.9 Å². The van der Waals surface area contributed by atoms with Crippen LogP contribution in [0.3, 0.4) is 0 Å². The maximum absolute atomic E-state index is 12.4. The molecule has 0 bridgehead atoms. The molecule has 0 aliphatic heterocycles. The van der Waals surface area contributed by atoms with Gasteiger partial charge in [0.15, 0.2) is 0 Å². The van der Waals surface area contributed by atoms with Gasteiger partial charge in [-0.3, -0.25) is 19.7 Å². The van der Waals surface area contributed by atoms with Crippen LogP contribution >= 0.6 is 0 Å². The number of hydrogen-bond acceptors (Lipinski definition) is 6. The maximum atomic E-state index is 12.4. The normalized spacial score (nSPS) is 10.6. The zero-order chi connectivity index (χ0) is 17.8. The average Bonchev–Trinajstić information content (AvgIpc) is 3.35. The monoisotopic (exact) mass is 346 g/mol. The van der Waals surface area contributed by atoms with E-state index in [1.807, 2.05) is 12.1 Å². The number of aromatic nitrogens is 7. The van der Waals surface area contributed by atoms with Gasteiger partial charge in [-0.25, -0.2) is 19.6 Å². The summed E-state index contributed by atoms with van der Waals surface area (Å²) in [6.45, 7) is 0.525. The SMILES string of the molecule is O=C(Nc1ncn(Cc2cccnc2)n1)c1ccnc(-n2ccnc2)c1. The highest BCUT2D eigenvalue weighted by molar-refractivity contribution is 6.03. The Hall–Kier alpha value is -3.88. The van der Waals surface area contributed by atoms with E-state index >= 15 is 0 Å². The van der Waals surface area contributed by atoms with Gasteiger partial charge < -0.3 is 0 Å². The molecule has 0 radical (unpaired) electrons. The molecule has 128 valence electrons. The summed E-state index contributed by atoms with van der Waals surface area (Å²) in [6.07, 6.45) is 11.6. The minimum atomic E-state index is -0.312. The molecule has 1 N–H and O–H groups in total. The van der Waals surface area contributed by atoms with Crippen LogP contribution < -0.4 is 5.32 Å². The van der Waals surface area contributed by atoms with Gasteiger partial charge in [-0.15, -0.1) is 5.10 Å². The van der Waals surface area contributed by atoms with Crippen molar-refractivity contribution in [1.82, 2.24) is 34.3 Å². The molecule has 0 spiro atoms. The number of nitrogens with one attached hydrogen (secondary N) is 1. The van der Waals surface area contributed by atoms with E-state index in [0.717, 1.165) is 5.56 Å². The molecule has 0 aliphatic carbocycles. The summed E-state index contributed by atoms with van der Waals surface area (Å²) in [4.78, 5) is 28.8. The molecule has 0 fully saturated rings. The molecule has 1 amide bonds. The number of imidazole rings is 1. The number of amides is 1. The Morgan fingerprint density at radius 1 is 1.08 bits per heavy atom. The molecule has 4 heterocycles. The molecule has 0 unspecified atom stereocenters. The average molecular weight is 346 g/mol. The van der Waals surface area contributed by atoms with Crippen LogP contribution in [0.25, 0.3) is 5.82 Å². The number of pyridine rings is 2. The highest BCUT2D eigenvalue weighted by Crippen LogP contribution is 2.09. The first-order valence-electron chi connectivity index (χ1n) is 7.82. The van der Waals surface area contributed by atoms with Gasteiger partial charge in [0.25, 0.3) is 5.91 Å². The first-order chi connectivity index (χ1) is 12.8. The number of rotatable bonds is 5. The molecule has 0 atom stereocenters. The molecule has 4 rings (SSSR count). The second kappa shape index (κ2) is 6.93. The van der Waals surface area contributed by atoms with Gasteiger partial charge in [-0.05, 0) is 23.8 Å². The van der Waals surface area contributed by atoms with Crippen molar-refractivity contribution in [1.29, 1.82) is 0 Å². The summed E-state index contributed by atoms with van der Waals surface area (Å²) in [7, 11) is 0. The second-order valence-electron chi connectivity index (χ2n) is 5.45. The molecule has 9 heteroatoms. The van der Waals surface area contributed by atoms with Gasteiger partial charge in [0.2, 0.25) is 5.95 Å². The summed E-state index contributed by atoms with van der Waals surface area (Å²) in [6, 6.07) is 7.10. The number of hydrogen-bond donors (Lipinski definition) is 1. The predicted octanol–water partition coefficient (Wildman–Crippen LogP) is 1.55. The Morgan fingerprint density at radius 2 is 2.04 bits per heavy atom. The second-order valence-corrected chi connectivity index (χ2v) is 5.45. The van der Waals surface area contributed by atoms with Crippen LogP contribution in [-0.2, 0) is 6.54 Å². The van der Waals surface area contributed by atoms with E-state index in [-0.39, 0.29) is 11.9 Å². The molecule has 26 heavy (non-hydrogen) atoms. The fraction of sp³-hybridized carbons (Fsp3) is 0.0588. The van der Waals surface area contributed by atoms with Crippen molar-refractivity contribution in [3.8, 4) is 5.82 Å². The van der Waals surface area contributed by atoms with Crippen LogP contribution in [0.2, 0.25) is 0 Å². The predicted molar refractivity (Wildman–Crippen MR) is 92.7 cm³/mol. The van der Waals surface area contributed by atoms with E-state index in [1.165, 1.54) is 0 Å². The maximum Gasteiger partial charge on any atom is 0.258 e. The largest absolute Gasteiger partial charge is 0.291 e. The zero-order valence-corrected chi connectivity index (χ0v) is 13.6. The lowest BCUT2D eigenvalue weighted by Crippen LogP contribution is -2.14. The smallest absolute Gasteiger partial charge is 0.258 e. The lowest BCUT2D eigenvalue weighted by molar-refractivity contribution is 0.102. The van der Waals surface area contributed by atoms with Gasteiger partial charge >= 0.3 is 0 Å². The summed E-state index contributed by atoms with van der Waals surface area (Å²) in [5, 5.41) is 6.94. The van der Waals surface area contributed by atoms with Gasteiger partial charge in [-0.1, -0.05) is 6.07 Å². The van der Waals surface area contributed by atoms with Crippen molar-refractivity contribution in [2.45, 2.75) is 6.54 Å². The first-order valence-corrected chi connectivity index (χ1v) is 7.82. The van der Waals surface area contributed by atoms with Crippen molar-refractivity contribution >= 4 is 11.9 Å². The van der Waals surface area contributed by atoms with Crippen LogP contribution in [-0.4, -0.2) is 40.2 Å². The third-order valence-corrected chi connectivity index (χ3v) is 3.61. The molecule has 0 saturated carbocycles. The number of nitrogens with zero attached hydrogens (tertiary/aromatic N) is 7. The summed E-state index contributed by atoms with van der Waals surface area (Å²) >= 11 is 0. The Labute approximate surface area is 148 Å². The Kier molecular flexibility index (Phi) is 4.17. The van der Waals surface area contributed by atoms with Crippen molar-refractivity contribution in [3.05, 3.63) is 79.0 Å². The fourth-order valence-electron chi connectivity index (χ4n) is 2.38. The molecule has 4 aromatic heterocycles. The fourth-order valence-corrected chi connectivity index (χ4v) is 2.38. The van der Waals surface area contributed by atoms with E-state index in [9.17, 15) is 4.79 Å². The van der Waals surface area contributed by atoms with E-state index in [2.05, 4.69) is 30.4 Å². The Bertz CT molecular complexity index is 1010. The number of anilines is 1. The van der Waals surface area contributed by atoms with Gasteiger partial charge in [0.05, 0.1) is 6.54 Å². The summed E-state index contributed by atoms with van der Waals surface area (Å²) in [5.41, 5.74) is 1.45. The van der Waals surface area contributed by atoms with Crippen LogP contribution in [0.4, 0.5) is 5.95 Å². The Balaban J connectivity index is 1.46. The van der Waals surface area contributed by atoms with Crippen LogP contribution in [0.5, 0.6) is 0 Å². The summed E-state index contributed by atoms with van der Waals surface area (Å²) in [5.74, 6) is 0.526. The molecule has 4 aromatic rings. The molecule has 9 nitrogen and oxygen atoms in total. The van der Waals surface area contributed by atoms with Gasteiger partial charge in [0, 0.05) is 36.5 Å². The lowest BCUT2D eigenvalue weighted by atomic mass is 10.2. The molecular weight excluding hydrogens is 332 g/mol. The number of carbonyl (C=O) groups excluding carboxylic acids is 1. The lowest BCUT2D eigenvalue weighted by Gasteiger charge is -2.04. The third-order valence-electron chi connectivity index (χ3n) is 3.61. The van der Waals surface area contributed by atoms with Gasteiger partial charge in [0.1, 0.15) is 18.5 Å². The minimum absolute atomic E-state index is 0.236. The summed E-state index contributed by atoms with van der Waals surface area (Å²) < 4.78 is 3.35. The van der Waals surface area contributed by atoms with Gasteiger partial charge in [-0.2, -0.15) is 0 Å². The molecule has 0 saturated heterocycles. The highest BCUT2D eigenvalue weighted by Gasteiger charge is 2.11. The first kappa shape index (κ1) is 15.6. The molecule has 0 aromatic carbocycles. The van der Waals surface area contributed by atoms with Crippen molar-refractivity contribution < 1.29 is 4.79 Å². The highest BCUT2D eigenvalue weighted by atomic mass is 16.1. The van der Waals surface area contributed by atoms with E-state index in [0.29, 0.717) is 17.9 Å². The molecular formula is C17H14N8O. The number of carbonyl (C=O) groups is 1. The molecule has 0 aliphatic rings. The third kappa shape index (κ3) is 3.46. The minimum Gasteiger partial charge on any atom is -0.291 e. The zero-order valence-electron chi connectivity index (χ0n) is 13.6. The quantitative estimate of drug-likeness (QED) is 0.588. The van der Waals surface area contributed by atoms with Crippen molar-refractivity contribution in [2.75, 3.05) is 5.32 Å².